The molecule has 4 N–H and O–H groups in total. The van der Waals surface area contributed by atoms with Gasteiger partial charge in [-0.15, -0.1) is 0 Å². The van der Waals surface area contributed by atoms with E-state index in [1.165, 1.54) is 8.47 Å². The SMILES string of the molecule is CC1(O)CN(c2cc(I)cc(N3CCOCC3)n2)C1.CC[C@@H]1CCN(C(=O)Nc2ccc(C)c(-c3cc(N4CCOCC4)nc(N4CC(C)(O)C4)c3)c2)C1.Cc1ccc(NC(=O)N2CC[C@@H](CC(F)(F)F)C2)cc1B1OC(C)(C)C(C)(C)O1.S. The van der Waals surface area contributed by atoms with Crippen LogP contribution >= 0.6 is 36.1 Å². The number of nitrogens with zero attached hydrogens (tertiary/aromatic N) is 8. The minimum atomic E-state index is -4.20. The lowest BCUT2D eigenvalue weighted by Crippen LogP contribution is -2.60. The van der Waals surface area contributed by atoms with Crippen LogP contribution in [0.3, 0.4) is 0 Å². The van der Waals surface area contributed by atoms with Crippen molar-refractivity contribution in [3.8, 4) is 11.1 Å². The van der Waals surface area contributed by atoms with Crippen LogP contribution in [0.25, 0.3) is 11.1 Å². The Morgan fingerprint density at radius 3 is 1.54 bits per heavy atom. The molecule has 24 heteroatoms. The molecule has 84 heavy (non-hydrogen) atoms. The number of carbonyl (C=O) groups is 2. The molecule has 0 bridgehead atoms. The van der Waals surface area contributed by atoms with Crippen LogP contribution in [0.1, 0.15) is 85.3 Å². The zero-order chi connectivity index (χ0) is 59.6. The summed E-state index contributed by atoms with van der Waals surface area (Å²) in [5.41, 5.74) is 4.20. The molecule has 4 amide bonds. The van der Waals surface area contributed by atoms with Gasteiger partial charge in [-0.3, -0.25) is 0 Å². The van der Waals surface area contributed by atoms with Crippen molar-refractivity contribution in [1.29, 1.82) is 0 Å². The summed E-state index contributed by atoms with van der Waals surface area (Å²) in [6.45, 7) is 28.6. The molecular weight excluding hydrogens is 1220 g/mol. The quantitative estimate of drug-likeness (QED) is 0.0873. The highest BCUT2D eigenvalue weighted by molar-refractivity contribution is 14.1. The van der Waals surface area contributed by atoms with E-state index in [2.05, 4.69) is 103 Å². The summed E-state index contributed by atoms with van der Waals surface area (Å²) < 4.78 is 62.0. The Kier molecular flexibility index (Phi) is 20.7. The van der Waals surface area contributed by atoms with E-state index in [9.17, 15) is 33.0 Å². The lowest BCUT2D eigenvalue weighted by atomic mass is 9.76. The summed E-state index contributed by atoms with van der Waals surface area (Å²) in [7, 11) is -0.556. The number of pyridine rings is 2. The average molecular weight is 1300 g/mol. The molecule has 18 nitrogen and oxygen atoms in total. The van der Waals surface area contributed by atoms with Crippen molar-refractivity contribution >= 4 is 95.4 Å². The molecule has 0 aliphatic carbocycles. The molecule has 7 aliphatic heterocycles. The Bertz CT molecular complexity index is 2920. The Balaban J connectivity index is 0.000000170. The maximum Gasteiger partial charge on any atom is 0.495 e. The lowest BCUT2D eigenvalue weighted by molar-refractivity contribution is -0.143. The molecule has 7 fully saturated rings. The first-order valence-electron chi connectivity index (χ1n) is 29.2. The van der Waals surface area contributed by atoms with E-state index in [-0.39, 0.29) is 26.1 Å². The maximum absolute atomic E-state index is 12.9. The van der Waals surface area contributed by atoms with Gasteiger partial charge in [-0.2, -0.15) is 26.7 Å². The van der Waals surface area contributed by atoms with Gasteiger partial charge in [0, 0.05) is 99.9 Å². The molecule has 7 aliphatic rings. The van der Waals surface area contributed by atoms with Gasteiger partial charge in [0.25, 0.3) is 0 Å². The first kappa shape index (κ1) is 65.2. The van der Waals surface area contributed by atoms with Gasteiger partial charge in [-0.05, 0) is 173 Å². The summed E-state index contributed by atoms with van der Waals surface area (Å²) in [6.07, 6.45) is -2.50. The number of ether oxygens (including phenoxy) is 2. The van der Waals surface area contributed by atoms with Crippen molar-refractivity contribution < 1.29 is 51.8 Å². The fraction of sp³-hybridized carbons (Fsp3) is 0.600. The summed E-state index contributed by atoms with van der Waals surface area (Å²) in [5.74, 6) is 3.82. The number of hydrogen-bond donors (Lipinski definition) is 4. The van der Waals surface area contributed by atoms with Crippen LogP contribution in [-0.4, -0.2) is 183 Å². The lowest BCUT2D eigenvalue weighted by Gasteiger charge is -2.45. The number of benzene rings is 2. The minimum Gasteiger partial charge on any atom is -0.399 e. The summed E-state index contributed by atoms with van der Waals surface area (Å²) in [4.78, 5) is 47.2. The number of urea groups is 2. The molecule has 0 radical (unpaired) electrons. The fourth-order valence-electron chi connectivity index (χ4n) is 11.5. The highest BCUT2D eigenvalue weighted by atomic mass is 127. The number of aromatic nitrogens is 2. The number of alkyl halides is 3. The number of hydrogen-bond acceptors (Lipinski definition) is 14. The van der Waals surface area contributed by atoms with Crippen LogP contribution in [0, 0.1) is 29.3 Å². The van der Waals surface area contributed by atoms with E-state index in [4.69, 9.17) is 28.8 Å². The van der Waals surface area contributed by atoms with E-state index in [0.717, 1.165) is 122 Å². The number of rotatable bonds is 10. The molecule has 2 aromatic heterocycles. The van der Waals surface area contributed by atoms with Crippen LogP contribution in [0.2, 0.25) is 0 Å². The molecule has 7 saturated heterocycles. The normalized spacial score (nSPS) is 22.2. The molecule has 0 saturated carbocycles. The molecule has 2 aromatic carbocycles. The van der Waals surface area contributed by atoms with Crippen LogP contribution in [0.15, 0.2) is 60.7 Å². The van der Waals surface area contributed by atoms with Crippen LogP contribution in [-0.2, 0) is 18.8 Å². The third-order valence-electron chi connectivity index (χ3n) is 17.1. The Morgan fingerprint density at radius 2 is 1.07 bits per heavy atom. The molecule has 2 atom stereocenters. The van der Waals surface area contributed by atoms with Gasteiger partial charge in [0.15, 0.2) is 0 Å². The number of halogens is 4. The molecule has 4 aromatic rings. The summed E-state index contributed by atoms with van der Waals surface area (Å²) in [6, 6.07) is 19.5. The van der Waals surface area contributed by atoms with E-state index < -0.39 is 54.1 Å². The summed E-state index contributed by atoms with van der Waals surface area (Å²) in [5, 5.41) is 26.0. The van der Waals surface area contributed by atoms with Crippen LogP contribution < -0.4 is 35.7 Å². The summed E-state index contributed by atoms with van der Waals surface area (Å²) >= 11 is 2.32. The van der Waals surface area contributed by atoms with Crippen molar-refractivity contribution in [3.05, 3.63) is 75.4 Å². The van der Waals surface area contributed by atoms with Crippen molar-refractivity contribution in [1.82, 2.24) is 19.8 Å². The molecular formula is C60H85BF3IN10O8S. The number of aryl methyl sites for hydroxylation is 2. The van der Waals surface area contributed by atoms with Gasteiger partial charge >= 0.3 is 25.4 Å². The third-order valence-corrected chi connectivity index (χ3v) is 17.7. The molecule has 11 rings (SSSR count). The van der Waals surface area contributed by atoms with Gasteiger partial charge in [-0.25, -0.2) is 19.6 Å². The Morgan fingerprint density at radius 1 is 0.643 bits per heavy atom. The van der Waals surface area contributed by atoms with Gasteiger partial charge in [-0.1, -0.05) is 31.0 Å². The number of anilines is 6. The Hall–Kier alpha value is -4.83. The van der Waals surface area contributed by atoms with Gasteiger partial charge in [0.1, 0.15) is 23.3 Å². The van der Waals surface area contributed by atoms with E-state index in [1.54, 1.807) is 12.1 Å². The number of β-amino-alcohol motifs (C(OH)–C–C–N with tert-alkyl or cyclic N) is 2. The Labute approximate surface area is 514 Å². The zero-order valence-electron chi connectivity index (χ0n) is 50.1. The second kappa shape index (κ2) is 26.7. The van der Waals surface area contributed by atoms with Crippen molar-refractivity contribution in [2.45, 2.75) is 117 Å². The first-order chi connectivity index (χ1) is 39.1. The van der Waals surface area contributed by atoms with Gasteiger partial charge < -0.3 is 69.0 Å². The van der Waals surface area contributed by atoms with Crippen LogP contribution in [0.5, 0.6) is 0 Å². The second-order valence-electron chi connectivity index (χ2n) is 25.0. The largest absolute Gasteiger partial charge is 0.495 e. The smallest absolute Gasteiger partial charge is 0.399 e. The van der Waals surface area contributed by atoms with E-state index in [1.807, 2.05) is 65.5 Å². The standard InChI is InChI=1S/C27H37N5O3.C20H28BF3N2O3.C13H18IN3O2.H2S/c1-4-20-7-8-31(16-20)26(33)28-22-6-5-19(2)23(15-22)21-13-24(30-9-11-35-12-10-30)29-25(14-21)32-17-27(3,34)18-32;1-13-6-7-15(10-16(13)21-28-18(2,3)19(4,5)29-21)25-17(27)26-9-8-14(12-26)11-20(22,23)24;1-13(18)8-17(9-13)12-7-10(14)6-11(15-12)16-2-4-19-5-3-16;/h5-6,13-15,20,34H,4,7-12,16-18H2,1-3H3,(H,28,33);6-7,10,14H,8-9,11-12H2,1-5H3,(H,25,27);6-7,18H,2-5,8-9H2,1H3;1H2/t20-;14-;;/m10../s1. The van der Waals surface area contributed by atoms with Crippen molar-refractivity contribution in [3.63, 3.8) is 0 Å². The predicted octanol–water partition coefficient (Wildman–Crippen LogP) is 9.04. The van der Waals surface area contributed by atoms with Crippen molar-refractivity contribution in [2.24, 2.45) is 11.8 Å². The second-order valence-corrected chi connectivity index (χ2v) is 26.2. The van der Waals surface area contributed by atoms with E-state index >= 15 is 0 Å². The number of aliphatic hydroxyl groups is 2. The average Bonchev–Trinajstić information content (AvgIpc) is 3.71. The molecule has 460 valence electrons. The van der Waals surface area contributed by atoms with Crippen LogP contribution in [0.4, 0.5) is 57.4 Å². The number of carbonyl (C=O) groups excluding carboxylic acids is 2. The van der Waals surface area contributed by atoms with Gasteiger partial charge in [0.2, 0.25) is 0 Å². The number of morpholine rings is 2. The highest BCUT2D eigenvalue weighted by Crippen LogP contribution is 2.39. The minimum absolute atomic E-state index is 0. The first-order valence-corrected chi connectivity index (χ1v) is 30.3. The van der Waals surface area contributed by atoms with E-state index in [0.29, 0.717) is 64.0 Å². The topological polar surface area (TPSA) is 181 Å². The maximum atomic E-state index is 12.9. The molecule has 0 unspecified atom stereocenters. The number of likely N-dealkylation sites (tertiary alicyclic amines) is 2. The number of nitrogens with one attached hydrogen (secondary N) is 2. The zero-order valence-corrected chi connectivity index (χ0v) is 53.2. The number of amides is 4. The molecule has 0 spiro atoms. The monoisotopic (exact) mass is 1300 g/mol. The van der Waals surface area contributed by atoms with Gasteiger partial charge in [0.05, 0.1) is 48.8 Å². The molecule has 9 heterocycles. The highest BCUT2D eigenvalue weighted by Gasteiger charge is 2.52. The third kappa shape index (κ3) is 16.4. The predicted molar refractivity (Wildman–Crippen MR) is 339 cm³/mol. The fourth-order valence-corrected chi connectivity index (χ4v) is 12.0. The van der Waals surface area contributed by atoms with Crippen molar-refractivity contribution in [2.75, 3.05) is 135 Å².